The Morgan fingerprint density at radius 3 is 2.19 bits per heavy atom. The highest BCUT2D eigenvalue weighted by Crippen LogP contribution is 2.31. The van der Waals surface area contributed by atoms with Gasteiger partial charge in [-0.25, -0.2) is 0 Å². The van der Waals surface area contributed by atoms with Crippen LogP contribution in [0, 0.1) is 5.92 Å². The van der Waals surface area contributed by atoms with E-state index in [9.17, 15) is 9.59 Å². The van der Waals surface area contributed by atoms with E-state index >= 15 is 0 Å². The van der Waals surface area contributed by atoms with Gasteiger partial charge in [0.2, 0.25) is 6.29 Å². The van der Waals surface area contributed by atoms with Gasteiger partial charge >= 0.3 is 11.9 Å². The smallest absolute Gasteiger partial charge is 0.305 e. The van der Waals surface area contributed by atoms with Crippen molar-refractivity contribution in [1.29, 1.82) is 0 Å². The van der Waals surface area contributed by atoms with Crippen LogP contribution in [0.15, 0.2) is 0 Å². The predicted molar refractivity (Wildman–Crippen MR) is 55.4 cm³/mol. The van der Waals surface area contributed by atoms with Crippen molar-refractivity contribution < 1.29 is 23.8 Å². The lowest BCUT2D eigenvalue weighted by molar-refractivity contribution is -0.194. The van der Waals surface area contributed by atoms with E-state index in [1.165, 1.54) is 13.8 Å². The number of carbonyl (C=O) groups excluding carboxylic acids is 2. The molecule has 1 heterocycles. The Hall–Kier alpha value is -1.10. The molecule has 1 aliphatic rings. The normalized spacial score (nSPS) is 33.5. The average molecular weight is 230 g/mol. The molecule has 1 aliphatic heterocycles. The van der Waals surface area contributed by atoms with Crippen molar-refractivity contribution in [2.45, 2.75) is 52.6 Å². The van der Waals surface area contributed by atoms with E-state index in [-0.39, 0.29) is 12.0 Å². The van der Waals surface area contributed by atoms with Crippen LogP contribution < -0.4 is 0 Å². The highest BCUT2D eigenvalue weighted by Gasteiger charge is 2.45. The molecule has 0 saturated carbocycles. The molecular formula is C11H18O5. The van der Waals surface area contributed by atoms with Crippen molar-refractivity contribution in [3.8, 4) is 0 Å². The molecule has 0 aliphatic carbocycles. The lowest BCUT2D eigenvalue weighted by atomic mass is 9.99. The number of carbonyl (C=O) groups is 2. The maximum Gasteiger partial charge on any atom is 0.305 e. The molecule has 0 bridgehead atoms. The fraction of sp³-hybridized carbons (Fsp3) is 0.818. The maximum atomic E-state index is 11.0. The topological polar surface area (TPSA) is 61.8 Å². The van der Waals surface area contributed by atoms with Crippen LogP contribution in [0.1, 0.15) is 34.1 Å². The number of hydrogen-bond acceptors (Lipinski definition) is 5. The van der Waals surface area contributed by atoms with Crippen LogP contribution in [-0.4, -0.2) is 30.4 Å². The first-order valence-corrected chi connectivity index (χ1v) is 5.45. The molecule has 1 saturated heterocycles. The van der Waals surface area contributed by atoms with Crippen molar-refractivity contribution in [1.82, 2.24) is 0 Å². The minimum Gasteiger partial charge on any atom is -0.455 e. The van der Waals surface area contributed by atoms with Gasteiger partial charge in [-0.2, -0.15) is 0 Å². The fourth-order valence-corrected chi connectivity index (χ4v) is 1.91. The number of hydrogen-bond donors (Lipinski definition) is 0. The first-order chi connectivity index (χ1) is 7.45. The lowest BCUT2D eigenvalue weighted by Gasteiger charge is -2.19. The molecule has 0 spiro atoms. The van der Waals surface area contributed by atoms with E-state index in [1.807, 2.05) is 13.8 Å². The van der Waals surface area contributed by atoms with Gasteiger partial charge in [-0.05, 0) is 6.42 Å². The van der Waals surface area contributed by atoms with Crippen molar-refractivity contribution in [2.24, 2.45) is 5.92 Å². The Balaban J connectivity index is 2.72. The average Bonchev–Trinajstić information content (AvgIpc) is 2.44. The largest absolute Gasteiger partial charge is 0.455 e. The molecule has 5 heteroatoms. The molecule has 16 heavy (non-hydrogen) atoms. The summed E-state index contributed by atoms with van der Waals surface area (Å²) in [5.41, 5.74) is 0. The van der Waals surface area contributed by atoms with Gasteiger partial charge in [0.1, 0.15) is 0 Å². The van der Waals surface area contributed by atoms with Gasteiger partial charge < -0.3 is 14.2 Å². The molecular weight excluding hydrogens is 212 g/mol. The zero-order valence-electron chi connectivity index (χ0n) is 10.1. The fourth-order valence-electron chi connectivity index (χ4n) is 1.91. The maximum absolute atomic E-state index is 11.0. The summed E-state index contributed by atoms with van der Waals surface area (Å²) in [5.74, 6) is -0.807. The van der Waals surface area contributed by atoms with Crippen molar-refractivity contribution in [2.75, 3.05) is 0 Å². The molecule has 0 aromatic carbocycles. The van der Waals surface area contributed by atoms with Crippen molar-refractivity contribution in [3.05, 3.63) is 0 Å². The van der Waals surface area contributed by atoms with Crippen molar-refractivity contribution in [3.63, 3.8) is 0 Å². The summed E-state index contributed by atoms with van der Waals surface area (Å²) in [4.78, 5) is 21.8. The SMILES string of the molecule is CCC1OC(OC(C)=O)C(OC(C)=O)C1C. The molecule has 0 aromatic rings. The van der Waals surface area contributed by atoms with Gasteiger partial charge in [-0.1, -0.05) is 13.8 Å². The minimum absolute atomic E-state index is 0.0262. The highest BCUT2D eigenvalue weighted by molar-refractivity contribution is 5.67. The Morgan fingerprint density at radius 1 is 1.19 bits per heavy atom. The summed E-state index contributed by atoms with van der Waals surface area (Å²) in [6, 6.07) is 0. The standard InChI is InChI=1S/C11H18O5/c1-5-9-6(2)10(14-7(3)12)11(16-9)15-8(4)13/h6,9-11H,5H2,1-4H3. The van der Waals surface area contributed by atoms with Gasteiger partial charge in [0.25, 0.3) is 0 Å². The number of rotatable bonds is 3. The Labute approximate surface area is 95.0 Å². The molecule has 4 atom stereocenters. The third-order valence-corrected chi connectivity index (χ3v) is 2.67. The van der Waals surface area contributed by atoms with Crippen LogP contribution in [0.2, 0.25) is 0 Å². The summed E-state index contributed by atoms with van der Waals surface area (Å²) in [5, 5.41) is 0. The zero-order valence-corrected chi connectivity index (χ0v) is 10.1. The number of esters is 2. The Bertz CT molecular complexity index is 276. The summed E-state index contributed by atoms with van der Waals surface area (Å²) < 4.78 is 15.6. The third-order valence-electron chi connectivity index (χ3n) is 2.67. The second-order valence-electron chi connectivity index (χ2n) is 3.99. The van der Waals surface area contributed by atoms with E-state index in [4.69, 9.17) is 14.2 Å². The highest BCUT2D eigenvalue weighted by atomic mass is 16.7. The van der Waals surface area contributed by atoms with E-state index in [1.54, 1.807) is 0 Å². The molecule has 0 radical (unpaired) electrons. The number of ether oxygens (including phenoxy) is 3. The lowest BCUT2D eigenvalue weighted by Crippen LogP contribution is -2.33. The summed E-state index contributed by atoms with van der Waals surface area (Å²) in [6.45, 7) is 6.53. The molecule has 92 valence electrons. The van der Waals surface area contributed by atoms with Crippen LogP contribution in [-0.2, 0) is 23.8 Å². The monoisotopic (exact) mass is 230 g/mol. The second kappa shape index (κ2) is 5.30. The summed E-state index contributed by atoms with van der Waals surface area (Å²) in [6.07, 6.45) is -0.544. The molecule has 5 nitrogen and oxygen atoms in total. The van der Waals surface area contributed by atoms with Gasteiger partial charge in [-0.15, -0.1) is 0 Å². The van der Waals surface area contributed by atoms with E-state index in [2.05, 4.69) is 0 Å². The molecule has 0 aromatic heterocycles. The summed E-state index contributed by atoms with van der Waals surface area (Å²) in [7, 11) is 0. The van der Waals surface area contributed by atoms with Gasteiger partial charge in [0.05, 0.1) is 6.10 Å². The van der Waals surface area contributed by atoms with Gasteiger partial charge in [-0.3, -0.25) is 9.59 Å². The van der Waals surface area contributed by atoms with Gasteiger partial charge in [0, 0.05) is 19.8 Å². The molecule has 1 fully saturated rings. The summed E-state index contributed by atoms with van der Waals surface area (Å²) >= 11 is 0. The van der Waals surface area contributed by atoms with Crippen LogP contribution in [0.3, 0.4) is 0 Å². The quantitative estimate of drug-likeness (QED) is 0.683. The van der Waals surface area contributed by atoms with Gasteiger partial charge in [0.15, 0.2) is 6.10 Å². The third kappa shape index (κ3) is 2.95. The van der Waals surface area contributed by atoms with Crippen LogP contribution in [0.5, 0.6) is 0 Å². The van der Waals surface area contributed by atoms with E-state index in [0.717, 1.165) is 6.42 Å². The molecule has 4 unspecified atom stereocenters. The van der Waals surface area contributed by atoms with Crippen LogP contribution in [0.4, 0.5) is 0 Å². The van der Waals surface area contributed by atoms with Crippen molar-refractivity contribution >= 4 is 11.9 Å². The minimum atomic E-state index is -0.777. The van der Waals surface area contributed by atoms with E-state index < -0.39 is 24.3 Å². The first kappa shape index (κ1) is 13.0. The Morgan fingerprint density at radius 2 is 1.75 bits per heavy atom. The first-order valence-electron chi connectivity index (χ1n) is 5.45. The van der Waals surface area contributed by atoms with Crippen LogP contribution >= 0.6 is 0 Å². The van der Waals surface area contributed by atoms with Crippen LogP contribution in [0.25, 0.3) is 0 Å². The van der Waals surface area contributed by atoms with E-state index in [0.29, 0.717) is 0 Å². The predicted octanol–water partition coefficient (Wildman–Crippen LogP) is 1.25. The molecule has 1 rings (SSSR count). The molecule has 0 N–H and O–H groups in total. The molecule has 0 amide bonds. The Kier molecular flexibility index (Phi) is 4.29. The zero-order chi connectivity index (χ0) is 12.3. The second-order valence-corrected chi connectivity index (χ2v) is 3.99.